The van der Waals surface area contributed by atoms with Crippen LogP contribution in [0.4, 0.5) is 9.59 Å². The van der Waals surface area contributed by atoms with Crippen molar-refractivity contribution in [3.05, 3.63) is 54.6 Å². The van der Waals surface area contributed by atoms with E-state index in [4.69, 9.17) is 19.2 Å². The van der Waals surface area contributed by atoms with Crippen LogP contribution in [0, 0.1) is 11.3 Å². The number of nitrogens with one attached hydrogen (secondary N) is 2. The van der Waals surface area contributed by atoms with Gasteiger partial charge >= 0.3 is 12.1 Å². The number of carbonyl (C=O) groups is 4. The molecular weight excluding hydrogens is 739 g/mol. The number of pyridine rings is 1. The molecule has 302 valence electrons. The van der Waals surface area contributed by atoms with E-state index >= 15 is 0 Å². The van der Waals surface area contributed by atoms with Crippen LogP contribution in [0.15, 0.2) is 54.6 Å². The molecular formula is C41H53N5O9S. The van der Waals surface area contributed by atoms with Crippen LogP contribution in [0.25, 0.3) is 22.2 Å². The van der Waals surface area contributed by atoms with Crippen LogP contribution in [0.2, 0.25) is 0 Å². The molecule has 0 bridgehead atoms. The number of rotatable bonds is 11. The highest BCUT2D eigenvalue weighted by Gasteiger charge is 2.53. The Balaban J connectivity index is 1.38. The molecule has 3 aromatic rings. The van der Waals surface area contributed by atoms with E-state index in [1.54, 1.807) is 60.8 Å². The van der Waals surface area contributed by atoms with Gasteiger partial charge < -0.3 is 24.4 Å². The summed E-state index contributed by atoms with van der Waals surface area (Å²) in [4.78, 5) is 63.7. The lowest BCUT2D eigenvalue weighted by Crippen LogP contribution is -2.60. The number of methoxy groups -OCH3 is 1. The SMILES string of the molecule is CCC1CC1N(C(=O)NS(=O)(=O)C1CC1)C(=O)C1CC(Oc2cc(-c3ccccc3)nc3cc(OC)ccc23)CN1C(=O)C(NC(=O)OC(C)(C)C)C(C)(C)C. The summed E-state index contributed by atoms with van der Waals surface area (Å²) in [5.74, 6) is -0.245. The highest BCUT2D eigenvalue weighted by atomic mass is 32.2. The van der Waals surface area contributed by atoms with Crippen molar-refractivity contribution < 1.29 is 41.8 Å². The third-order valence-corrected chi connectivity index (χ3v) is 12.1. The monoisotopic (exact) mass is 791 g/mol. The van der Waals surface area contributed by atoms with Gasteiger partial charge in [0.2, 0.25) is 15.9 Å². The minimum absolute atomic E-state index is 0.0151. The Labute approximate surface area is 328 Å². The second kappa shape index (κ2) is 15.5. The number of carbonyl (C=O) groups excluding carboxylic acids is 4. The summed E-state index contributed by atoms with van der Waals surface area (Å²) in [6.45, 7) is 12.4. The Morgan fingerprint density at radius 3 is 2.27 bits per heavy atom. The maximum atomic E-state index is 14.8. The van der Waals surface area contributed by atoms with Gasteiger partial charge in [0.15, 0.2) is 0 Å². The average molecular weight is 792 g/mol. The molecule has 1 aromatic heterocycles. The van der Waals surface area contributed by atoms with Gasteiger partial charge in [0.1, 0.15) is 35.3 Å². The number of nitrogens with zero attached hydrogens (tertiary/aromatic N) is 3. The number of likely N-dealkylation sites (tertiary alicyclic amines) is 1. The first-order valence-electron chi connectivity index (χ1n) is 19.2. The van der Waals surface area contributed by atoms with Gasteiger partial charge in [0.25, 0.3) is 5.91 Å². The number of aromatic nitrogens is 1. The summed E-state index contributed by atoms with van der Waals surface area (Å²) < 4.78 is 45.7. The van der Waals surface area contributed by atoms with E-state index < -0.39 is 74.5 Å². The van der Waals surface area contributed by atoms with Gasteiger partial charge in [-0.3, -0.25) is 14.5 Å². The zero-order valence-electron chi connectivity index (χ0n) is 33.3. The number of urea groups is 1. The molecule has 14 nitrogen and oxygen atoms in total. The molecule has 56 heavy (non-hydrogen) atoms. The number of hydrogen-bond acceptors (Lipinski definition) is 10. The standard InChI is InChI=1S/C41H53N5O9S/c1-9-24-19-32(24)46(38(49)44-56(51,52)28-16-17-28)36(47)33-21-27(23-45(33)37(48)35(40(2,3)4)43-39(50)55-41(5,6)7)54-34-22-30(25-13-11-10-12-14-25)42-31-20-26(53-8)15-18-29(31)34/h10-15,18,20,22,24,27-28,32-33,35H,9,16-17,19,21,23H2,1-8H3,(H,43,50)(H,44,49). The fourth-order valence-electron chi connectivity index (χ4n) is 7.13. The largest absolute Gasteiger partial charge is 0.497 e. The number of benzene rings is 2. The lowest BCUT2D eigenvalue weighted by molar-refractivity contribution is -0.145. The molecule has 15 heteroatoms. The van der Waals surface area contributed by atoms with Crippen LogP contribution in [0.1, 0.15) is 80.6 Å². The molecule has 3 fully saturated rings. The lowest BCUT2D eigenvalue weighted by Gasteiger charge is -2.36. The van der Waals surface area contributed by atoms with Crippen molar-refractivity contribution >= 4 is 44.9 Å². The molecule has 5 atom stereocenters. The van der Waals surface area contributed by atoms with Crippen molar-refractivity contribution in [3.8, 4) is 22.8 Å². The molecule has 2 N–H and O–H groups in total. The summed E-state index contributed by atoms with van der Waals surface area (Å²) in [5, 5.41) is 2.72. The first-order valence-corrected chi connectivity index (χ1v) is 20.7. The Hall–Kier alpha value is -4.92. The van der Waals surface area contributed by atoms with Crippen molar-refractivity contribution in [2.75, 3.05) is 13.7 Å². The summed E-state index contributed by atoms with van der Waals surface area (Å²) in [6, 6.07) is 12.9. The van der Waals surface area contributed by atoms with E-state index in [-0.39, 0.29) is 18.9 Å². The van der Waals surface area contributed by atoms with Gasteiger partial charge in [-0.25, -0.2) is 27.7 Å². The van der Waals surface area contributed by atoms with Crippen molar-refractivity contribution in [2.24, 2.45) is 11.3 Å². The number of fused-ring (bicyclic) bond motifs is 1. The second-order valence-corrected chi connectivity index (χ2v) is 19.0. The number of amides is 5. The van der Waals surface area contributed by atoms with Crippen molar-refractivity contribution in [3.63, 3.8) is 0 Å². The minimum Gasteiger partial charge on any atom is -0.497 e. The third-order valence-electron chi connectivity index (χ3n) is 10.3. The molecule has 5 unspecified atom stereocenters. The Kier molecular flexibility index (Phi) is 11.3. The average Bonchev–Trinajstić information content (AvgIpc) is 4.06. The number of sulfonamides is 1. The molecule has 2 heterocycles. The number of alkyl carbamates (subject to hydrolysis) is 1. The first kappa shape index (κ1) is 40.7. The summed E-state index contributed by atoms with van der Waals surface area (Å²) >= 11 is 0. The third kappa shape index (κ3) is 9.20. The topological polar surface area (TPSA) is 174 Å². The van der Waals surface area contributed by atoms with E-state index in [1.165, 1.54) is 4.90 Å². The lowest BCUT2D eigenvalue weighted by atomic mass is 9.85. The van der Waals surface area contributed by atoms with Gasteiger partial charge in [-0.15, -0.1) is 0 Å². The van der Waals surface area contributed by atoms with E-state index in [9.17, 15) is 27.6 Å². The highest BCUT2D eigenvalue weighted by Crippen LogP contribution is 2.41. The Morgan fingerprint density at radius 2 is 1.68 bits per heavy atom. The molecule has 2 saturated carbocycles. The number of hydrogen-bond donors (Lipinski definition) is 2. The van der Waals surface area contributed by atoms with Crippen LogP contribution < -0.4 is 19.5 Å². The molecule has 5 amide bonds. The number of imide groups is 1. The fourth-order valence-corrected chi connectivity index (χ4v) is 8.40. The molecule has 3 aliphatic rings. The van der Waals surface area contributed by atoms with Gasteiger partial charge in [-0.05, 0) is 63.5 Å². The Bertz CT molecular complexity index is 2090. The second-order valence-electron chi connectivity index (χ2n) is 17.0. The first-order chi connectivity index (χ1) is 26.3. The maximum Gasteiger partial charge on any atom is 0.408 e. The number of ether oxygens (including phenoxy) is 3. The highest BCUT2D eigenvalue weighted by molar-refractivity contribution is 7.90. The normalized spacial score (nSPS) is 21.5. The molecule has 2 aliphatic carbocycles. The van der Waals surface area contributed by atoms with E-state index in [2.05, 4.69) is 10.0 Å². The zero-order chi connectivity index (χ0) is 40.7. The molecule has 6 rings (SSSR count). The van der Waals surface area contributed by atoms with Crippen LogP contribution in [-0.4, -0.2) is 95.9 Å². The quantitative estimate of drug-likeness (QED) is 0.234. The molecule has 2 aromatic carbocycles. The molecule has 1 aliphatic heterocycles. The van der Waals surface area contributed by atoms with E-state index in [0.29, 0.717) is 53.8 Å². The predicted octanol–water partition coefficient (Wildman–Crippen LogP) is 6.03. The van der Waals surface area contributed by atoms with E-state index in [0.717, 1.165) is 10.5 Å². The summed E-state index contributed by atoms with van der Waals surface area (Å²) in [7, 11) is -2.42. The fraction of sp³-hybridized carbons (Fsp3) is 0.537. The van der Waals surface area contributed by atoms with Gasteiger partial charge in [-0.2, -0.15) is 0 Å². The smallest absolute Gasteiger partial charge is 0.408 e. The van der Waals surface area contributed by atoms with Crippen LogP contribution in [0.5, 0.6) is 11.5 Å². The summed E-state index contributed by atoms with van der Waals surface area (Å²) in [5.41, 5.74) is 0.397. The minimum atomic E-state index is -3.99. The van der Waals surface area contributed by atoms with Gasteiger partial charge in [-0.1, -0.05) is 64.4 Å². The molecule has 1 saturated heterocycles. The van der Waals surface area contributed by atoms with Gasteiger partial charge in [0, 0.05) is 35.5 Å². The van der Waals surface area contributed by atoms with Crippen LogP contribution >= 0.6 is 0 Å². The predicted molar refractivity (Wildman–Crippen MR) is 210 cm³/mol. The summed E-state index contributed by atoms with van der Waals surface area (Å²) in [6.07, 6.45) is 0.476. The van der Waals surface area contributed by atoms with Crippen molar-refractivity contribution in [1.82, 2.24) is 24.8 Å². The van der Waals surface area contributed by atoms with Crippen molar-refractivity contribution in [2.45, 2.75) is 116 Å². The molecule has 0 spiro atoms. The maximum absolute atomic E-state index is 14.8. The van der Waals surface area contributed by atoms with E-state index in [1.807, 2.05) is 49.4 Å². The Morgan fingerprint density at radius 1 is 0.982 bits per heavy atom. The van der Waals surface area contributed by atoms with Crippen LogP contribution in [0.3, 0.4) is 0 Å². The van der Waals surface area contributed by atoms with Gasteiger partial charge in [0.05, 0.1) is 30.1 Å². The van der Waals surface area contributed by atoms with Crippen LogP contribution in [-0.2, 0) is 24.3 Å². The van der Waals surface area contributed by atoms with Crippen molar-refractivity contribution in [1.29, 1.82) is 0 Å². The molecule has 0 radical (unpaired) electrons. The zero-order valence-corrected chi connectivity index (χ0v) is 34.1.